The molecule has 0 bridgehead atoms. The van der Waals surface area contributed by atoms with Gasteiger partial charge >= 0.3 is 0 Å². The van der Waals surface area contributed by atoms with E-state index in [0.717, 1.165) is 17.6 Å². The highest BCUT2D eigenvalue weighted by atomic mass is 32.2. The predicted molar refractivity (Wildman–Crippen MR) is 138 cm³/mol. The van der Waals surface area contributed by atoms with Gasteiger partial charge in [0.1, 0.15) is 11.5 Å². The second kappa shape index (κ2) is 10.2. The lowest BCUT2D eigenvalue weighted by Gasteiger charge is -2.37. The summed E-state index contributed by atoms with van der Waals surface area (Å²) in [4.78, 5) is 17.3. The number of imidazole rings is 1. The average Bonchev–Trinajstić information content (AvgIpc) is 3.34. The first-order valence-electron chi connectivity index (χ1n) is 11.9. The zero-order chi connectivity index (χ0) is 26.0. The number of carbonyl (C=O) groups is 1. The summed E-state index contributed by atoms with van der Waals surface area (Å²) in [6.07, 6.45) is 6.32. The number of hydrogen-bond acceptors (Lipinski definition) is 4. The minimum Gasteiger partial charge on any atom is -0.348 e. The van der Waals surface area contributed by atoms with E-state index in [4.69, 9.17) is 0 Å². The van der Waals surface area contributed by atoms with E-state index in [9.17, 15) is 17.6 Å². The number of nitrogens with one attached hydrogen (secondary N) is 1. The van der Waals surface area contributed by atoms with Crippen molar-refractivity contribution >= 4 is 21.6 Å². The monoisotopic (exact) mass is 516 g/mol. The van der Waals surface area contributed by atoms with E-state index in [-0.39, 0.29) is 28.7 Å². The lowest BCUT2D eigenvalue weighted by molar-refractivity contribution is 0.0950. The molecule has 4 aromatic rings. The maximum absolute atomic E-state index is 13.3. The number of amides is 1. The first kappa shape index (κ1) is 24.7. The van der Waals surface area contributed by atoms with Gasteiger partial charge in [-0.25, -0.2) is 17.8 Å². The molecule has 1 N–H and O–H groups in total. The number of halogens is 1. The molecule has 0 unspecified atom stereocenters. The normalized spacial score (nSPS) is 14.1. The van der Waals surface area contributed by atoms with Crippen molar-refractivity contribution in [2.45, 2.75) is 24.8 Å². The number of fused-ring (bicyclic) bond motifs is 1. The lowest BCUT2D eigenvalue weighted by Crippen LogP contribution is -2.49. The molecular weight excluding hydrogens is 491 g/mol. The maximum atomic E-state index is 13.3. The fourth-order valence-corrected chi connectivity index (χ4v) is 5.85. The third kappa shape index (κ3) is 5.26. The Balaban J connectivity index is 1.42. The molecule has 7 nitrogen and oxygen atoms in total. The number of rotatable bonds is 6. The Kier molecular flexibility index (Phi) is 6.78. The summed E-state index contributed by atoms with van der Waals surface area (Å²) in [5.41, 5.74) is 2.70. The molecule has 2 aromatic carbocycles. The van der Waals surface area contributed by atoms with Gasteiger partial charge in [-0.2, -0.15) is 4.31 Å². The summed E-state index contributed by atoms with van der Waals surface area (Å²) in [5, 5.41) is 2.87. The molecule has 1 fully saturated rings. The summed E-state index contributed by atoms with van der Waals surface area (Å²) in [6, 6.07) is 13.8. The Morgan fingerprint density at radius 3 is 2.62 bits per heavy atom. The van der Waals surface area contributed by atoms with E-state index in [1.165, 1.54) is 46.8 Å². The largest absolute Gasteiger partial charge is 0.348 e. The van der Waals surface area contributed by atoms with Crippen molar-refractivity contribution in [3.8, 4) is 11.8 Å². The molecular formula is C28H25FN4O3S. The van der Waals surface area contributed by atoms with Gasteiger partial charge < -0.3 is 9.72 Å². The van der Waals surface area contributed by atoms with Crippen LogP contribution in [0.25, 0.3) is 5.65 Å². The molecule has 0 saturated carbocycles. The summed E-state index contributed by atoms with van der Waals surface area (Å²) in [6.45, 7) is 3.25. The van der Waals surface area contributed by atoms with Crippen LogP contribution < -0.4 is 5.32 Å². The summed E-state index contributed by atoms with van der Waals surface area (Å²) in [7, 11) is -3.77. The second-order valence-electron chi connectivity index (χ2n) is 8.97. The van der Waals surface area contributed by atoms with Crippen LogP contribution in [0.5, 0.6) is 0 Å². The molecule has 0 spiro atoms. The zero-order valence-corrected chi connectivity index (χ0v) is 21.0. The number of pyridine rings is 1. The SMILES string of the molecule is CCC1CN(S(=O)(=O)c2ccc(C(=O)NCc3ccn4ccnc4c3)cc2C#Cc2ccc(F)cc2)C1. The smallest absolute Gasteiger partial charge is 0.251 e. The number of nitrogens with zero attached hydrogens (tertiary/aromatic N) is 3. The Morgan fingerprint density at radius 2 is 1.86 bits per heavy atom. The third-order valence-corrected chi connectivity index (χ3v) is 8.35. The van der Waals surface area contributed by atoms with Crippen molar-refractivity contribution in [3.05, 3.63) is 101 Å². The number of carbonyl (C=O) groups excluding carboxylic acids is 1. The molecule has 0 radical (unpaired) electrons. The van der Waals surface area contributed by atoms with Gasteiger partial charge in [0.05, 0.1) is 4.90 Å². The van der Waals surface area contributed by atoms with E-state index in [2.05, 4.69) is 22.1 Å². The van der Waals surface area contributed by atoms with Crippen LogP contribution in [0.2, 0.25) is 0 Å². The highest BCUT2D eigenvalue weighted by Crippen LogP contribution is 2.29. The van der Waals surface area contributed by atoms with E-state index >= 15 is 0 Å². The molecule has 9 heteroatoms. The van der Waals surface area contributed by atoms with Crippen LogP contribution in [0.1, 0.15) is 40.4 Å². The van der Waals surface area contributed by atoms with Crippen molar-refractivity contribution in [3.63, 3.8) is 0 Å². The molecule has 2 aromatic heterocycles. The van der Waals surface area contributed by atoms with Crippen LogP contribution in [0.4, 0.5) is 4.39 Å². The molecule has 1 amide bonds. The molecule has 1 saturated heterocycles. The van der Waals surface area contributed by atoms with E-state index in [1.807, 2.05) is 35.9 Å². The van der Waals surface area contributed by atoms with Crippen molar-refractivity contribution in [1.29, 1.82) is 0 Å². The number of benzene rings is 2. The molecule has 3 heterocycles. The van der Waals surface area contributed by atoms with Crippen LogP contribution in [0.15, 0.2) is 78.1 Å². The van der Waals surface area contributed by atoms with E-state index < -0.39 is 10.0 Å². The van der Waals surface area contributed by atoms with Crippen LogP contribution in [0, 0.1) is 23.6 Å². The van der Waals surface area contributed by atoms with Crippen LogP contribution >= 0.6 is 0 Å². The Hall–Kier alpha value is -4.00. The van der Waals surface area contributed by atoms with E-state index in [1.54, 1.807) is 6.20 Å². The minimum absolute atomic E-state index is 0.0537. The van der Waals surface area contributed by atoms with Crippen LogP contribution in [-0.4, -0.2) is 41.1 Å². The van der Waals surface area contributed by atoms with Gasteiger partial charge in [-0.1, -0.05) is 25.2 Å². The van der Waals surface area contributed by atoms with E-state index in [0.29, 0.717) is 30.1 Å². The van der Waals surface area contributed by atoms with Crippen molar-refractivity contribution in [1.82, 2.24) is 19.0 Å². The lowest BCUT2D eigenvalue weighted by atomic mass is 10.0. The van der Waals surface area contributed by atoms with Crippen molar-refractivity contribution in [2.24, 2.45) is 5.92 Å². The van der Waals surface area contributed by atoms with Gasteiger partial charge in [0.15, 0.2) is 0 Å². The fraction of sp³-hybridized carbons (Fsp3) is 0.214. The molecule has 0 atom stereocenters. The van der Waals surface area contributed by atoms with Gasteiger partial charge in [-0.15, -0.1) is 0 Å². The topological polar surface area (TPSA) is 83.8 Å². The summed E-state index contributed by atoms with van der Waals surface area (Å²) < 4.78 is 43.2. The highest BCUT2D eigenvalue weighted by Gasteiger charge is 2.36. The van der Waals surface area contributed by atoms with Crippen LogP contribution in [-0.2, 0) is 16.6 Å². The number of hydrogen-bond donors (Lipinski definition) is 1. The molecule has 1 aliphatic rings. The average molecular weight is 517 g/mol. The Labute approximate surface area is 215 Å². The number of sulfonamides is 1. The van der Waals surface area contributed by atoms with Crippen molar-refractivity contribution < 1.29 is 17.6 Å². The standard InChI is InChI=1S/C28H25FN4O3S/c1-2-20-18-33(19-20)37(35,36)26-10-7-24(16-23(26)6-3-21-4-8-25(29)9-5-21)28(34)31-17-22-11-13-32-14-12-30-27(32)15-22/h4-5,7-16,20H,2,17-19H2,1H3,(H,31,34). The van der Waals surface area contributed by atoms with Gasteiger partial charge in [-0.3, -0.25) is 4.79 Å². The predicted octanol–water partition coefficient (Wildman–Crippen LogP) is 3.83. The second-order valence-corrected chi connectivity index (χ2v) is 10.9. The molecule has 188 valence electrons. The molecule has 37 heavy (non-hydrogen) atoms. The Morgan fingerprint density at radius 1 is 1.08 bits per heavy atom. The summed E-state index contributed by atoms with van der Waals surface area (Å²) >= 11 is 0. The summed E-state index contributed by atoms with van der Waals surface area (Å²) in [5.74, 6) is 5.40. The fourth-order valence-electron chi connectivity index (χ4n) is 4.13. The number of aromatic nitrogens is 2. The van der Waals surface area contributed by atoms with Crippen molar-refractivity contribution in [2.75, 3.05) is 13.1 Å². The molecule has 0 aliphatic carbocycles. The first-order valence-corrected chi connectivity index (χ1v) is 13.4. The quantitative estimate of drug-likeness (QED) is 0.395. The highest BCUT2D eigenvalue weighted by molar-refractivity contribution is 7.89. The van der Waals surface area contributed by atoms with Gasteiger partial charge in [0, 0.05) is 54.9 Å². The third-order valence-electron chi connectivity index (χ3n) is 6.46. The molecule has 1 aliphatic heterocycles. The minimum atomic E-state index is -3.77. The molecule has 5 rings (SSSR count). The van der Waals surface area contributed by atoms with Gasteiger partial charge in [0.25, 0.3) is 5.91 Å². The first-order chi connectivity index (χ1) is 17.8. The Bertz CT molecular complexity index is 1630. The van der Waals surface area contributed by atoms with Crippen LogP contribution in [0.3, 0.4) is 0 Å². The zero-order valence-electron chi connectivity index (χ0n) is 20.2. The van der Waals surface area contributed by atoms with Gasteiger partial charge in [0.2, 0.25) is 10.0 Å². The maximum Gasteiger partial charge on any atom is 0.251 e. The van der Waals surface area contributed by atoms with Gasteiger partial charge in [-0.05, 0) is 66.1 Å².